The van der Waals surface area contributed by atoms with Gasteiger partial charge in [-0.15, -0.1) is 0 Å². The van der Waals surface area contributed by atoms with E-state index in [1.165, 1.54) is 30.0 Å². The summed E-state index contributed by atoms with van der Waals surface area (Å²) in [5.41, 5.74) is 37.7. The summed E-state index contributed by atoms with van der Waals surface area (Å²) in [4.78, 5) is 196. The molecule has 3 fully saturated rings. The van der Waals surface area contributed by atoms with E-state index in [2.05, 4.69) is 31.6 Å². The minimum atomic E-state index is -5.29. The number of anilines is 1. The number of aliphatic hydroxyl groups is 1. The lowest BCUT2D eigenvalue weighted by molar-refractivity contribution is -0.140. The molecule has 8 bridgehead atoms. The minimum Gasteiger partial charge on any atom is -0.508 e. The predicted octanol–water partition coefficient (Wildman–Crippen LogP) is 3.23. The van der Waals surface area contributed by atoms with Gasteiger partial charge in [0.05, 0.1) is 81.1 Å². The number of fused-ring (bicyclic) bond motifs is 7. The van der Waals surface area contributed by atoms with Crippen LogP contribution < -0.4 is 61.0 Å². The molecule has 0 spiro atoms. The van der Waals surface area contributed by atoms with Crippen molar-refractivity contribution in [2.75, 3.05) is 143 Å². The van der Waals surface area contributed by atoms with E-state index in [0.29, 0.717) is 100 Å². The Labute approximate surface area is 824 Å². The fourth-order valence-corrected chi connectivity index (χ4v) is 22.1. The number of hydrogen-bond acceptors (Lipinski definition) is 31. The van der Waals surface area contributed by atoms with Gasteiger partial charge < -0.3 is 120 Å². The Kier molecular flexibility index (Phi) is 39.2. The number of aliphatic carboxylic acids is 3. The number of benzene rings is 2. The molecule has 0 saturated carbocycles. The van der Waals surface area contributed by atoms with Gasteiger partial charge >= 0.3 is 37.9 Å². The summed E-state index contributed by atoms with van der Waals surface area (Å²) < 4.78 is 56.3. The summed E-state index contributed by atoms with van der Waals surface area (Å²) in [5, 5.41) is 66.4. The van der Waals surface area contributed by atoms with Gasteiger partial charge in [0.25, 0.3) is 0 Å². The number of amides is 10. The number of alkyl carbamates (subject to hydrolysis) is 1. The van der Waals surface area contributed by atoms with Gasteiger partial charge in [-0.3, -0.25) is 91.6 Å². The van der Waals surface area contributed by atoms with Crippen molar-refractivity contribution in [3.05, 3.63) is 87.7 Å². The van der Waals surface area contributed by atoms with E-state index in [9.17, 15) is 92.5 Å². The lowest BCUT2D eigenvalue weighted by Crippen LogP contribution is -2.56. The zero-order valence-electron chi connectivity index (χ0n) is 82.8. The van der Waals surface area contributed by atoms with E-state index >= 15 is 0 Å². The number of phenols is 1. The predicted molar refractivity (Wildman–Crippen MR) is 520 cm³/mol. The first-order valence-electron chi connectivity index (χ1n) is 48.0. The highest BCUT2D eigenvalue weighted by Gasteiger charge is 2.67. The highest BCUT2D eigenvalue weighted by Crippen LogP contribution is 2.63. The van der Waals surface area contributed by atoms with E-state index in [1.54, 1.807) is 34.6 Å². The number of nitrogens with two attached hydrogens (primary N) is 6. The Morgan fingerprint density at radius 1 is 0.641 bits per heavy atom. The van der Waals surface area contributed by atoms with Crippen LogP contribution in [0.2, 0.25) is 0 Å². The van der Waals surface area contributed by atoms with Crippen LogP contribution in [0.4, 0.5) is 15.3 Å². The van der Waals surface area contributed by atoms with E-state index in [1.807, 2.05) is 78.5 Å². The third kappa shape index (κ3) is 28.9. The first-order chi connectivity index (χ1) is 66.9. The summed E-state index contributed by atoms with van der Waals surface area (Å²) in [6.07, 6.45) is -5.61. The fraction of sp³-hybridized carbons (Fsp3) is 0.642. The van der Waals surface area contributed by atoms with E-state index in [-0.39, 0.29) is 188 Å². The van der Waals surface area contributed by atoms with Crippen molar-refractivity contribution >= 4 is 113 Å². The number of hydrogen-bond donors (Lipinski definition) is 17. The van der Waals surface area contributed by atoms with Gasteiger partial charge in [0.1, 0.15) is 30.7 Å². The van der Waals surface area contributed by atoms with Crippen LogP contribution in [0.25, 0.3) is 11.0 Å². The SMILES string of the molecule is CC1=C2N=C(C=C3N/C(=C(/C)C4=N[C@@](C)(C5N=C1[C@](C)(CCC(=O)NCC(C)OP(=O)(O)OC1C(O)[C@@H](n6cnc7cc(C)c(C)cc76)O[C@@H]1COC(=O)NCCCOCCOCCOCCCNC(=O)Nc1ccc(O)c(CN6CCN(CC(=O)O)CCN(CC(=O)O)CCN(CC(=O)O)CC6)c1)[C@H]5CC(N)=O)[C@@](C)(CC(N)=O)[C@@H]4CCC(N)=O)[C@@](C)(CC(N)=O)[C@@H]3CCC(N)=O)C(C)(C)[C@@H]2CCC(N)=O. The van der Waals surface area contributed by atoms with Gasteiger partial charge in [-0.05, 0) is 139 Å². The third-order valence-corrected chi connectivity index (χ3v) is 29.9. The van der Waals surface area contributed by atoms with Crippen LogP contribution in [0.1, 0.15) is 169 Å². The molecule has 47 heteroatoms. The van der Waals surface area contributed by atoms with Crippen LogP contribution in [0.15, 0.2) is 85.9 Å². The molecule has 1 aromatic heterocycles. The fourth-order valence-electron chi connectivity index (χ4n) is 20.9. The molecule has 23 N–H and O–H groups in total. The maximum Gasteiger partial charge on any atom is 0.472 e. The Morgan fingerprint density at radius 2 is 1.18 bits per heavy atom. The molecule has 46 nitrogen and oxygen atoms in total. The summed E-state index contributed by atoms with van der Waals surface area (Å²) >= 11 is 0. The van der Waals surface area contributed by atoms with Crippen LogP contribution in [-0.2, 0) is 91.8 Å². The molecule has 7 aliphatic rings. The van der Waals surface area contributed by atoms with Crippen molar-refractivity contribution in [1.29, 1.82) is 0 Å². The number of nitrogens with one attached hydrogen (secondary N) is 5. The zero-order chi connectivity index (χ0) is 104. The molecule has 3 saturated heterocycles. The van der Waals surface area contributed by atoms with Gasteiger partial charge in [0.15, 0.2) is 6.23 Å². The molecule has 10 rings (SSSR count). The quantitative estimate of drug-likeness (QED) is 0.0219. The van der Waals surface area contributed by atoms with Crippen LogP contribution in [-0.4, -0.2) is 322 Å². The molecule has 7 aliphatic heterocycles. The number of aliphatic hydroxyl groups excluding tert-OH is 1. The van der Waals surface area contributed by atoms with Gasteiger partial charge in [-0.1, -0.05) is 34.6 Å². The van der Waals surface area contributed by atoms with Crippen molar-refractivity contribution in [3.8, 4) is 5.75 Å². The zero-order valence-corrected chi connectivity index (χ0v) is 83.7. The normalized spacial score (nSPS) is 26.6. The molecule has 8 heterocycles. The average molecular weight is 2010 g/mol. The number of carboxylic acids is 3. The lowest BCUT2D eigenvalue weighted by Gasteiger charge is -2.48. The van der Waals surface area contributed by atoms with Crippen LogP contribution >= 0.6 is 7.82 Å². The number of aliphatic imine (C=N–C) groups is 3. The standard InChI is InChI=1S/C95H143N20O26P/c1-54-40-66-67(41-55(54)2)115(53-105-66)88-83(130)84(69(139-88)52-138-90(132)103-25-13-35-136-37-39-137-38-36-135-34-12-24-102-89(131)106-60-14-18-68(116)59(42-60)48-111-26-28-112(49-78(124)125)30-32-114(51-80(128)129)33-31-113(29-27-111)50-79(126)127)141-142(133,134)140-56(3)47-104-77(123)22-23-92(8)64(43-74(99)120)87-95(11)94(10,46-76(101)122)63(17-21-73(98)119)82(110-95)58(5)86-93(9,45-75(100)121)61(15-19-71(96)117)65(107-86)44-70-91(6,7)62(16-20-72(97)118)81(108-70)57(4)85(92)109-87/h14,18,40-42,44,53,56,61-64,69,83-84,87-88,107,116,130H,12-13,15-17,19-39,43,45-52H2,1-11H3,(H2,96,117)(H2,97,118)(H2,98,119)(H2,99,120)(H2,100,121)(H2,101,122)(H,103,132)(H,104,123)(H,124,125)(H,126,127)(H,128,129)(H,133,134)(H2,102,106,131)/b65-44?,81-57?,86-58-/t56?,61-,62-,63-,64+,69-,83?,84?,87?,88+,92-,93+,94+,95+/m1/s1. The highest BCUT2D eigenvalue weighted by molar-refractivity contribution is 7.47. The molecule has 142 heavy (non-hydrogen) atoms. The number of aromatic hydroxyl groups is 1. The molecule has 5 unspecified atom stereocenters. The molecule has 784 valence electrons. The Morgan fingerprint density at radius 3 is 1.74 bits per heavy atom. The number of carbonyl (C=O) groups is 12. The van der Waals surface area contributed by atoms with Crippen molar-refractivity contribution in [3.63, 3.8) is 0 Å². The number of phosphoric acid groups is 1. The molecule has 3 aromatic rings. The van der Waals surface area contributed by atoms with Gasteiger partial charge in [-0.25, -0.2) is 19.1 Å². The van der Waals surface area contributed by atoms with E-state index in [0.717, 1.165) is 11.1 Å². The van der Waals surface area contributed by atoms with Gasteiger partial charge in [0, 0.05) is 228 Å². The Hall–Kier alpha value is -11.3. The number of aryl methyl sites for hydroxylation is 2. The first kappa shape index (κ1) is 113. The van der Waals surface area contributed by atoms with Gasteiger partial charge in [0.2, 0.25) is 41.4 Å². The topological polar surface area (TPSA) is 692 Å². The summed E-state index contributed by atoms with van der Waals surface area (Å²) in [6.45, 7) is 22.3. The second-order valence-corrected chi connectivity index (χ2v) is 40.8. The molecule has 0 radical (unpaired) electrons. The number of carbonyl (C=O) groups excluding carboxylic acids is 9. The van der Waals surface area contributed by atoms with Gasteiger partial charge in [-0.2, -0.15) is 0 Å². The monoisotopic (exact) mass is 2010 g/mol. The van der Waals surface area contributed by atoms with Crippen molar-refractivity contribution in [1.82, 2.24) is 50.4 Å². The number of imidazole rings is 1. The number of aromatic nitrogens is 2. The lowest BCUT2D eigenvalue weighted by atomic mass is 9.55. The number of carboxylic acid groups (broad SMARTS) is 3. The maximum absolute atomic E-state index is 14.7. The molecular weight excluding hydrogens is 1870 g/mol. The molecular formula is C95H143N20O26P. The second kappa shape index (κ2) is 49.3. The van der Waals surface area contributed by atoms with Crippen LogP contribution in [0.5, 0.6) is 5.75 Å². The summed E-state index contributed by atoms with van der Waals surface area (Å²) in [7, 11) is -5.29. The first-order valence-corrected chi connectivity index (χ1v) is 49.5. The van der Waals surface area contributed by atoms with Crippen molar-refractivity contribution in [2.45, 2.75) is 208 Å². The maximum atomic E-state index is 14.7. The Bertz CT molecular complexity index is 5360. The third-order valence-electron chi connectivity index (χ3n) is 28.8. The smallest absolute Gasteiger partial charge is 0.472 e. The number of ether oxygens (including phenoxy) is 5. The molecule has 10 amide bonds. The summed E-state index contributed by atoms with van der Waals surface area (Å²) in [6, 6.07) is 6.65. The molecule has 2 aromatic carbocycles. The number of allylic oxidation sites excluding steroid dienone is 6. The Balaban J connectivity index is 0.733. The summed E-state index contributed by atoms with van der Waals surface area (Å²) in [5.74, 6) is -10.8. The molecule has 15 atom stereocenters. The second-order valence-electron chi connectivity index (χ2n) is 39.5. The number of primary amides is 6. The van der Waals surface area contributed by atoms with E-state index in [4.69, 9.17) is 82.1 Å². The van der Waals surface area contributed by atoms with Crippen LogP contribution in [0, 0.1) is 59.2 Å². The number of nitrogens with zero attached hydrogens (tertiary/aromatic N) is 9. The number of phenolic OH excluding ortho intramolecular Hbond substituents is 1. The molecule has 0 aliphatic carbocycles. The number of rotatable bonds is 50. The highest BCUT2D eigenvalue weighted by atomic mass is 31.2. The number of urea groups is 1. The van der Waals surface area contributed by atoms with E-state index < -0.39 is 180 Å². The average Bonchev–Trinajstić information content (AvgIpc) is 1.52. The van der Waals surface area contributed by atoms with Crippen molar-refractivity contribution < 1.29 is 125 Å². The minimum absolute atomic E-state index is 0.0317. The van der Waals surface area contributed by atoms with Crippen molar-refractivity contribution in [2.24, 2.45) is 94.7 Å². The largest absolute Gasteiger partial charge is 0.508 e. The number of phosphoric ester groups is 1. The van der Waals surface area contributed by atoms with Crippen LogP contribution in [0.3, 0.4) is 0 Å².